The van der Waals surface area contributed by atoms with E-state index in [1.807, 2.05) is 6.07 Å². The Morgan fingerprint density at radius 2 is 2.00 bits per heavy atom. The van der Waals surface area contributed by atoms with Gasteiger partial charge in [0.1, 0.15) is 0 Å². The summed E-state index contributed by atoms with van der Waals surface area (Å²) in [5.41, 5.74) is 7.26. The molecule has 12 heavy (non-hydrogen) atoms. The number of hydrogen-bond acceptors (Lipinski definition) is 1. The van der Waals surface area contributed by atoms with Crippen molar-refractivity contribution < 1.29 is 73.7 Å². The summed E-state index contributed by atoms with van der Waals surface area (Å²) in [6.45, 7) is 0. The second-order valence-electron chi connectivity index (χ2n) is 1.93. The zero-order valence-electron chi connectivity index (χ0n) is 6.60. The molecule has 1 aromatic carbocycles. The van der Waals surface area contributed by atoms with Crippen LogP contribution in [0.25, 0.3) is 5.73 Å². The van der Waals surface area contributed by atoms with Crippen molar-refractivity contribution in [2.75, 3.05) is 5.32 Å². The third-order valence-electron chi connectivity index (χ3n) is 1.12. The van der Waals surface area contributed by atoms with E-state index in [0.717, 1.165) is 4.47 Å². The Morgan fingerprint density at radius 3 is 2.50 bits per heavy atom. The molecule has 0 bridgehead atoms. The Labute approximate surface area is 138 Å². The van der Waals surface area contributed by atoms with Crippen LogP contribution in [-0.2, 0) is 0 Å². The SMILES string of the molecule is [Cs+].[NH-]C(=O)Nc1ccccc1Br. The molecule has 1 rings (SSSR count). The molecule has 5 heteroatoms. The first-order chi connectivity index (χ1) is 5.20. The molecule has 0 saturated heterocycles. The van der Waals surface area contributed by atoms with E-state index < -0.39 is 6.03 Å². The predicted molar refractivity (Wildman–Crippen MR) is 47.5 cm³/mol. The van der Waals surface area contributed by atoms with Gasteiger partial charge < -0.3 is 11.1 Å². The van der Waals surface area contributed by atoms with E-state index in [4.69, 9.17) is 5.73 Å². The fourth-order valence-electron chi connectivity index (χ4n) is 0.685. The minimum Gasteiger partial charge on any atom is -0.447 e. The molecule has 0 unspecified atom stereocenters. The summed E-state index contributed by atoms with van der Waals surface area (Å²) in [5.74, 6) is 0. The molecule has 0 heterocycles. The van der Waals surface area contributed by atoms with Crippen LogP contribution in [0.15, 0.2) is 28.7 Å². The minimum absolute atomic E-state index is 0. The fourth-order valence-corrected chi connectivity index (χ4v) is 1.07. The molecule has 58 valence electrons. The van der Waals surface area contributed by atoms with Crippen LogP contribution in [0, 0.1) is 0 Å². The number of halogens is 1. The molecule has 0 radical (unpaired) electrons. The van der Waals surface area contributed by atoms with E-state index in [9.17, 15) is 4.79 Å². The van der Waals surface area contributed by atoms with Crippen molar-refractivity contribution in [3.8, 4) is 0 Å². The maximum absolute atomic E-state index is 10.3. The average Bonchev–Trinajstić information content (AvgIpc) is 1.93. The van der Waals surface area contributed by atoms with Gasteiger partial charge in [0.05, 0.1) is 0 Å². The number of rotatable bonds is 1. The van der Waals surface area contributed by atoms with Crippen LogP contribution in [0.1, 0.15) is 0 Å². The number of benzene rings is 1. The number of amides is 2. The monoisotopic (exact) mass is 346 g/mol. The molecular formula is C7H6BrCsN2O. The summed E-state index contributed by atoms with van der Waals surface area (Å²) >= 11 is 3.23. The van der Waals surface area contributed by atoms with E-state index in [0.29, 0.717) is 5.69 Å². The fraction of sp³-hybridized carbons (Fsp3) is 0. The summed E-state index contributed by atoms with van der Waals surface area (Å²) in [7, 11) is 0. The first-order valence-electron chi connectivity index (χ1n) is 2.97. The van der Waals surface area contributed by atoms with Crippen molar-refractivity contribution in [2.24, 2.45) is 0 Å². The van der Waals surface area contributed by atoms with Crippen molar-refractivity contribution in [3.05, 3.63) is 34.5 Å². The molecule has 3 nitrogen and oxygen atoms in total. The largest absolute Gasteiger partial charge is 1.00 e. The zero-order chi connectivity index (χ0) is 8.27. The smallest absolute Gasteiger partial charge is 0.447 e. The first-order valence-corrected chi connectivity index (χ1v) is 3.76. The molecule has 1 aromatic rings. The number of anilines is 1. The third-order valence-corrected chi connectivity index (χ3v) is 1.81. The topological polar surface area (TPSA) is 52.9 Å². The van der Waals surface area contributed by atoms with Gasteiger partial charge in [-0.1, -0.05) is 34.1 Å². The van der Waals surface area contributed by atoms with E-state index in [-0.39, 0.29) is 68.9 Å². The molecular weight excluding hydrogens is 341 g/mol. The standard InChI is InChI=1S/C7H7BrN2O.Cs/c8-5-3-1-2-4-6(5)10-7(9)11;/h1-4H,(H3,9,10,11);/q;+1/p-1. The van der Waals surface area contributed by atoms with Crippen LogP contribution < -0.4 is 74.2 Å². The van der Waals surface area contributed by atoms with Gasteiger partial charge in [-0.3, -0.25) is 4.79 Å². The number of carbonyl (C=O) groups is 1. The van der Waals surface area contributed by atoms with Gasteiger partial charge in [-0.15, -0.1) is 0 Å². The van der Waals surface area contributed by atoms with Gasteiger partial charge in [0.15, 0.2) is 6.03 Å². The first kappa shape index (κ1) is 13.0. The average molecular weight is 347 g/mol. The Morgan fingerprint density at radius 1 is 1.42 bits per heavy atom. The molecule has 0 fully saturated rings. The summed E-state index contributed by atoms with van der Waals surface area (Å²) in [5, 5.41) is 2.35. The summed E-state index contributed by atoms with van der Waals surface area (Å²) < 4.78 is 0.778. The minimum atomic E-state index is -0.808. The normalized spacial score (nSPS) is 8.42. The van der Waals surface area contributed by atoms with Gasteiger partial charge in [-0.05, 0) is 11.8 Å². The van der Waals surface area contributed by atoms with Crippen LogP contribution in [0.2, 0.25) is 0 Å². The third kappa shape index (κ3) is 4.31. The Balaban J connectivity index is 0.00000121. The molecule has 0 aliphatic carbocycles. The Kier molecular flexibility index (Phi) is 7.02. The second-order valence-corrected chi connectivity index (χ2v) is 2.79. The van der Waals surface area contributed by atoms with Crippen LogP contribution in [0.4, 0.5) is 10.5 Å². The Bertz CT molecular complexity index is 280. The number of carbonyl (C=O) groups excluding carboxylic acids is 1. The summed E-state index contributed by atoms with van der Waals surface area (Å²) in [6.07, 6.45) is 0. The van der Waals surface area contributed by atoms with Gasteiger partial charge >= 0.3 is 68.9 Å². The number of nitrogens with one attached hydrogen (secondary N) is 2. The van der Waals surface area contributed by atoms with Crippen LogP contribution in [-0.4, -0.2) is 6.03 Å². The summed E-state index contributed by atoms with van der Waals surface area (Å²) in [6, 6.07) is 6.33. The molecule has 0 spiro atoms. The van der Waals surface area contributed by atoms with Crippen molar-refractivity contribution in [1.29, 1.82) is 0 Å². The van der Waals surface area contributed by atoms with Gasteiger partial charge in [-0.25, -0.2) is 0 Å². The van der Waals surface area contributed by atoms with Crippen molar-refractivity contribution in [1.82, 2.24) is 0 Å². The van der Waals surface area contributed by atoms with Gasteiger partial charge in [-0.2, -0.15) is 0 Å². The van der Waals surface area contributed by atoms with Crippen molar-refractivity contribution >= 4 is 27.6 Å². The van der Waals surface area contributed by atoms with Crippen LogP contribution in [0.5, 0.6) is 0 Å². The number of para-hydroxylation sites is 1. The second kappa shape index (κ2) is 6.47. The quantitative estimate of drug-likeness (QED) is 0.767. The van der Waals surface area contributed by atoms with Crippen molar-refractivity contribution in [3.63, 3.8) is 0 Å². The summed E-state index contributed by atoms with van der Waals surface area (Å²) in [4.78, 5) is 10.3. The van der Waals surface area contributed by atoms with Crippen LogP contribution in [0.3, 0.4) is 0 Å². The number of hydrogen-bond donors (Lipinski definition) is 1. The molecule has 2 amide bonds. The van der Waals surface area contributed by atoms with E-state index in [1.165, 1.54) is 0 Å². The van der Waals surface area contributed by atoms with E-state index in [2.05, 4.69) is 21.2 Å². The molecule has 0 saturated carbocycles. The van der Waals surface area contributed by atoms with Gasteiger partial charge in [0.2, 0.25) is 0 Å². The van der Waals surface area contributed by atoms with Gasteiger partial charge in [0.25, 0.3) is 0 Å². The van der Waals surface area contributed by atoms with Gasteiger partial charge in [0, 0.05) is 4.47 Å². The van der Waals surface area contributed by atoms with E-state index >= 15 is 0 Å². The molecule has 0 aromatic heterocycles. The predicted octanol–water partition coefficient (Wildman–Crippen LogP) is 0.0372. The molecule has 0 aliphatic heterocycles. The van der Waals surface area contributed by atoms with Crippen LogP contribution >= 0.6 is 15.9 Å². The maximum atomic E-state index is 10.3. The van der Waals surface area contributed by atoms with E-state index in [1.54, 1.807) is 18.2 Å². The Hall–Kier alpha value is 1.02. The number of urea groups is 1. The van der Waals surface area contributed by atoms with Crippen molar-refractivity contribution in [2.45, 2.75) is 0 Å². The zero-order valence-corrected chi connectivity index (χ0v) is 14.5. The molecule has 0 aliphatic rings. The molecule has 2 N–H and O–H groups in total. The molecule has 0 atom stereocenters. The maximum Gasteiger partial charge on any atom is 1.00 e.